The van der Waals surface area contributed by atoms with E-state index in [2.05, 4.69) is 15.8 Å². The molecule has 1 rings (SSSR count). The minimum absolute atomic E-state index is 0.0702. The number of thioether (sulfide) groups is 2. The predicted molar refractivity (Wildman–Crippen MR) is 81.3 cm³/mol. The van der Waals surface area contributed by atoms with Gasteiger partial charge in [-0.3, -0.25) is 5.43 Å². The van der Waals surface area contributed by atoms with Crippen LogP contribution in [0.1, 0.15) is 13.3 Å². The highest BCUT2D eigenvalue weighted by atomic mass is 32.2. The lowest BCUT2D eigenvalue weighted by Gasteiger charge is -2.26. The lowest BCUT2D eigenvalue weighted by Crippen LogP contribution is -2.43. The van der Waals surface area contributed by atoms with Gasteiger partial charge in [-0.1, -0.05) is 0 Å². The number of carbonyl (C=O) groups is 1. The average molecular weight is 308 g/mol. The smallest absolute Gasteiger partial charge is 0.405 e. The van der Waals surface area contributed by atoms with Crippen LogP contribution >= 0.6 is 35.7 Å². The Labute approximate surface area is 120 Å². The van der Waals surface area contributed by atoms with Crippen LogP contribution in [0.2, 0.25) is 0 Å². The quantitative estimate of drug-likeness (QED) is 0.350. The minimum atomic E-state index is -1.07. The zero-order valence-electron chi connectivity index (χ0n) is 9.88. The lowest BCUT2D eigenvalue weighted by molar-refractivity contribution is 0.193. The van der Waals surface area contributed by atoms with E-state index in [1.165, 1.54) is 0 Å². The first-order valence-electron chi connectivity index (χ1n) is 5.36. The summed E-state index contributed by atoms with van der Waals surface area (Å²) in [6, 6.07) is -0.382. The molecule has 0 aromatic rings. The normalized spacial score (nSPS) is 19.1. The van der Waals surface area contributed by atoms with E-state index in [-0.39, 0.29) is 15.7 Å². The van der Waals surface area contributed by atoms with Crippen molar-refractivity contribution in [2.24, 2.45) is 10.8 Å². The number of amides is 1. The maximum Gasteiger partial charge on any atom is 0.405 e. The number of thiocarbonyl (C=S) groups is 1. The Hall–Kier alpha value is -0.670. The maximum absolute atomic E-state index is 10.7. The number of nitrogens with zero attached hydrogens (tertiary/aromatic N) is 1. The van der Waals surface area contributed by atoms with Crippen molar-refractivity contribution in [2.75, 3.05) is 11.5 Å². The van der Waals surface area contributed by atoms with Gasteiger partial charge in [0, 0.05) is 0 Å². The summed E-state index contributed by atoms with van der Waals surface area (Å²) in [5.74, 6) is 2.09. The van der Waals surface area contributed by atoms with E-state index in [4.69, 9.17) is 23.1 Å². The van der Waals surface area contributed by atoms with E-state index in [1.54, 1.807) is 30.4 Å². The Morgan fingerprint density at radius 2 is 2.17 bits per heavy atom. The predicted octanol–water partition coefficient (Wildman–Crippen LogP) is 1.03. The molecule has 0 saturated carbocycles. The largest absolute Gasteiger partial charge is 0.465 e. The third-order valence-corrected chi connectivity index (χ3v) is 5.19. The molecule has 6 nitrogen and oxygen atoms in total. The molecule has 0 aliphatic carbocycles. The molecule has 1 atom stereocenters. The summed E-state index contributed by atoms with van der Waals surface area (Å²) in [4.78, 5) is 10.7. The Bertz CT molecular complexity index is 345. The zero-order chi connectivity index (χ0) is 13.5. The number of rotatable bonds is 4. The molecule has 1 saturated heterocycles. The summed E-state index contributed by atoms with van der Waals surface area (Å²) in [7, 11) is 0. The van der Waals surface area contributed by atoms with Gasteiger partial charge in [-0.2, -0.15) is 5.10 Å². The van der Waals surface area contributed by atoms with Crippen LogP contribution < -0.4 is 16.5 Å². The molecule has 1 heterocycles. The molecule has 0 radical (unpaired) electrons. The van der Waals surface area contributed by atoms with Crippen molar-refractivity contribution in [3.05, 3.63) is 0 Å². The minimum Gasteiger partial charge on any atom is -0.465 e. The van der Waals surface area contributed by atoms with E-state index in [0.29, 0.717) is 5.71 Å². The van der Waals surface area contributed by atoms with Crippen molar-refractivity contribution in [1.82, 2.24) is 10.7 Å². The molecular weight excluding hydrogens is 292 g/mol. The molecule has 1 unspecified atom stereocenters. The third kappa shape index (κ3) is 5.32. The van der Waals surface area contributed by atoms with Crippen molar-refractivity contribution in [1.29, 1.82) is 0 Å². The number of hydrogen-bond donors (Lipinski definition) is 4. The number of hydrogen-bond acceptors (Lipinski definition) is 5. The van der Waals surface area contributed by atoms with Crippen LogP contribution in [0.4, 0.5) is 4.79 Å². The van der Waals surface area contributed by atoms with Crippen LogP contribution in [0.5, 0.6) is 0 Å². The number of carboxylic acid groups (broad SMARTS) is 1. The van der Waals surface area contributed by atoms with Crippen LogP contribution in [-0.2, 0) is 0 Å². The second-order valence-corrected chi connectivity index (χ2v) is 6.78. The monoisotopic (exact) mass is 308 g/mol. The van der Waals surface area contributed by atoms with Crippen LogP contribution in [-0.4, -0.2) is 44.2 Å². The highest BCUT2D eigenvalue weighted by Crippen LogP contribution is 2.32. The second kappa shape index (κ2) is 7.70. The van der Waals surface area contributed by atoms with E-state index < -0.39 is 6.09 Å². The fourth-order valence-corrected chi connectivity index (χ4v) is 4.49. The summed E-state index contributed by atoms with van der Waals surface area (Å²) in [5.41, 5.74) is 8.58. The molecule has 18 heavy (non-hydrogen) atoms. The molecule has 1 amide bonds. The molecule has 0 aromatic heterocycles. The van der Waals surface area contributed by atoms with Gasteiger partial charge in [-0.25, -0.2) is 4.79 Å². The summed E-state index contributed by atoms with van der Waals surface area (Å²) >= 11 is 8.21. The first-order valence-corrected chi connectivity index (χ1v) is 7.87. The molecule has 5 N–H and O–H groups in total. The third-order valence-electron chi connectivity index (χ3n) is 2.15. The standard InChI is InChI=1S/C9H16N4O2S3/c1-5(11-9(14)15)6(12-13-8(10)16)7-17-3-2-4-18-7/h5,7,11H,2-4H2,1H3,(H,14,15)(H3,10,13,16). The highest BCUT2D eigenvalue weighted by molar-refractivity contribution is 8.18. The Balaban J connectivity index is 2.75. The fraction of sp³-hybridized carbons (Fsp3) is 0.667. The molecule has 1 aliphatic rings. The molecule has 1 aliphatic heterocycles. The molecule has 9 heteroatoms. The average Bonchev–Trinajstić information content (AvgIpc) is 2.29. The molecule has 1 fully saturated rings. The van der Waals surface area contributed by atoms with E-state index in [1.807, 2.05) is 0 Å². The highest BCUT2D eigenvalue weighted by Gasteiger charge is 2.26. The van der Waals surface area contributed by atoms with Crippen molar-refractivity contribution in [3.8, 4) is 0 Å². The maximum atomic E-state index is 10.7. The van der Waals surface area contributed by atoms with Crippen molar-refractivity contribution < 1.29 is 9.90 Å². The van der Waals surface area contributed by atoms with Crippen LogP contribution in [0.3, 0.4) is 0 Å². The van der Waals surface area contributed by atoms with Gasteiger partial charge < -0.3 is 16.2 Å². The lowest BCUT2D eigenvalue weighted by atomic mass is 10.2. The molecule has 0 bridgehead atoms. The summed E-state index contributed by atoms with van der Waals surface area (Å²) < 4.78 is 0.127. The SMILES string of the molecule is CC(NC(=O)O)C(=NNC(N)=S)C1SCCCS1. The van der Waals surface area contributed by atoms with Crippen LogP contribution in [0, 0.1) is 0 Å². The van der Waals surface area contributed by atoms with Crippen LogP contribution in [0.25, 0.3) is 0 Å². The Morgan fingerprint density at radius 3 is 2.67 bits per heavy atom. The number of hydrazone groups is 1. The van der Waals surface area contributed by atoms with Crippen molar-refractivity contribution in [3.63, 3.8) is 0 Å². The Kier molecular flexibility index (Phi) is 6.58. The van der Waals surface area contributed by atoms with Crippen LogP contribution in [0.15, 0.2) is 5.10 Å². The van der Waals surface area contributed by atoms with Crippen molar-refractivity contribution >= 4 is 52.7 Å². The van der Waals surface area contributed by atoms with Gasteiger partial charge in [0.15, 0.2) is 5.11 Å². The van der Waals surface area contributed by atoms with Gasteiger partial charge in [0.05, 0.1) is 16.3 Å². The molecular formula is C9H16N4O2S3. The van der Waals surface area contributed by atoms with Gasteiger partial charge in [0.2, 0.25) is 0 Å². The summed E-state index contributed by atoms with van der Waals surface area (Å²) in [6.45, 7) is 1.75. The van der Waals surface area contributed by atoms with Crippen molar-refractivity contribution in [2.45, 2.75) is 24.0 Å². The molecule has 102 valence electrons. The second-order valence-electron chi connectivity index (χ2n) is 3.61. The zero-order valence-corrected chi connectivity index (χ0v) is 12.3. The van der Waals surface area contributed by atoms with E-state index in [0.717, 1.165) is 17.9 Å². The summed E-state index contributed by atoms with van der Waals surface area (Å²) in [5, 5.41) is 15.4. The Morgan fingerprint density at radius 1 is 1.56 bits per heavy atom. The number of nitrogens with one attached hydrogen (secondary N) is 2. The van der Waals surface area contributed by atoms with E-state index >= 15 is 0 Å². The van der Waals surface area contributed by atoms with Gasteiger partial charge >= 0.3 is 6.09 Å². The first-order chi connectivity index (χ1) is 8.50. The first kappa shape index (κ1) is 15.4. The van der Waals surface area contributed by atoms with Gasteiger partial charge in [0.1, 0.15) is 0 Å². The fourth-order valence-electron chi connectivity index (χ4n) is 1.39. The van der Waals surface area contributed by atoms with Gasteiger partial charge in [0.25, 0.3) is 0 Å². The number of nitrogens with two attached hydrogens (primary N) is 1. The summed E-state index contributed by atoms with van der Waals surface area (Å²) in [6.07, 6.45) is 0.0825. The topological polar surface area (TPSA) is 99.7 Å². The van der Waals surface area contributed by atoms with Gasteiger partial charge in [-0.05, 0) is 37.1 Å². The van der Waals surface area contributed by atoms with E-state index in [9.17, 15) is 4.79 Å². The molecule has 0 spiro atoms. The van der Waals surface area contributed by atoms with Gasteiger partial charge in [-0.15, -0.1) is 23.5 Å². The molecule has 0 aromatic carbocycles.